The number of likely N-dealkylation sites (N-methyl/N-ethyl adjacent to an activating group) is 1. The number of aromatic nitrogens is 1. The van der Waals surface area contributed by atoms with Gasteiger partial charge in [-0.2, -0.15) is 0 Å². The van der Waals surface area contributed by atoms with Crippen molar-refractivity contribution in [3.63, 3.8) is 0 Å². The quantitative estimate of drug-likeness (QED) is 0.676. The average molecular weight is 445 g/mol. The van der Waals surface area contributed by atoms with Gasteiger partial charge in [0.05, 0.1) is 10.4 Å². The third kappa shape index (κ3) is 3.99. The van der Waals surface area contributed by atoms with E-state index in [0.717, 1.165) is 10.7 Å². The van der Waals surface area contributed by atoms with Gasteiger partial charge < -0.3 is 9.80 Å². The molecule has 31 heavy (non-hydrogen) atoms. The van der Waals surface area contributed by atoms with E-state index in [1.54, 1.807) is 23.2 Å². The number of carbonyl (C=O) groups is 3. The summed E-state index contributed by atoms with van der Waals surface area (Å²) in [7, 11) is 1.40. The Morgan fingerprint density at radius 2 is 1.90 bits per heavy atom. The molecule has 1 aromatic carbocycles. The molecule has 1 aromatic heterocycles. The van der Waals surface area contributed by atoms with Crippen LogP contribution in [0.1, 0.15) is 18.4 Å². The Labute approximate surface area is 184 Å². The van der Waals surface area contributed by atoms with E-state index in [4.69, 9.17) is 11.6 Å². The summed E-state index contributed by atoms with van der Waals surface area (Å²) in [5.41, 5.74) is -1.02. The van der Waals surface area contributed by atoms with Gasteiger partial charge in [0, 0.05) is 52.3 Å². The molecule has 0 bridgehead atoms. The summed E-state index contributed by atoms with van der Waals surface area (Å²) in [6.07, 6.45) is 1.26. The Morgan fingerprint density at radius 1 is 1.16 bits per heavy atom. The van der Waals surface area contributed by atoms with Gasteiger partial charge in [-0.05, 0) is 29.8 Å². The highest BCUT2D eigenvalue weighted by atomic mass is 35.5. The number of piperazine rings is 1. The number of imide groups is 1. The molecular weight excluding hydrogens is 423 g/mol. The van der Waals surface area contributed by atoms with E-state index >= 15 is 0 Å². The van der Waals surface area contributed by atoms with Gasteiger partial charge in [0.15, 0.2) is 0 Å². The number of halogens is 2. The molecule has 1 atom stereocenters. The van der Waals surface area contributed by atoms with Gasteiger partial charge in [-0.15, -0.1) is 0 Å². The Balaban J connectivity index is 1.51. The summed E-state index contributed by atoms with van der Waals surface area (Å²) in [6, 6.07) is 9.20. The summed E-state index contributed by atoms with van der Waals surface area (Å²) >= 11 is 5.89. The summed E-state index contributed by atoms with van der Waals surface area (Å²) in [6.45, 7) is 2.08. The van der Waals surface area contributed by atoms with E-state index in [9.17, 15) is 18.8 Å². The van der Waals surface area contributed by atoms with Gasteiger partial charge in [-0.25, -0.2) is 9.37 Å². The smallest absolute Gasteiger partial charge is 0.240 e. The minimum Gasteiger partial charge on any atom is -0.353 e. The molecule has 0 aliphatic carbocycles. The molecule has 3 heterocycles. The fourth-order valence-electron chi connectivity index (χ4n) is 4.25. The number of nitrogens with zero attached hydrogens (tertiary/aromatic N) is 4. The van der Waals surface area contributed by atoms with Crippen molar-refractivity contribution in [2.24, 2.45) is 0 Å². The van der Waals surface area contributed by atoms with Crippen molar-refractivity contribution in [3.05, 3.63) is 59.0 Å². The maximum absolute atomic E-state index is 13.9. The van der Waals surface area contributed by atoms with Crippen molar-refractivity contribution in [1.82, 2.24) is 14.8 Å². The van der Waals surface area contributed by atoms with Crippen LogP contribution >= 0.6 is 11.6 Å². The minimum atomic E-state index is -1.38. The zero-order chi connectivity index (χ0) is 22.2. The van der Waals surface area contributed by atoms with Crippen LogP contribution in [-0.4, -0.2) is 65.7 Å². The second-order valence-corrected chi connectivity index (χ2v) is 8.34. The molecule has 0 radical (unpaired) electrons. The highest BCUT2D eigenvalue weighted by Crippen LogP contribution is 2.40. The molecule has 9 heteroatoms. The highest BCUT2D eigenvalue weighted by molar-refractivity contribution is 6.30. The molecule has 7 nitrogen and oxygen atoms in total. The average Bonchev–Trinajstić information content (AvgIpc) is 2.99. The van der Waals surface area contributed by atoms with Crippen molar-refractivity contribution in [1.29, 1.82) is 0 Å². The van der Waals surface area contributed by atoms with Crippen molar-refractivity contribution in [2.45, 2.75) is 18.3 Å². The van der Waals surface area contributed by atoms with Gasteiger partial charge in [-0.1, -0.05) is 23.7 Å². The maximum atomic E-state index is 13.9. The summed E-state index contributed by atoms with van der Waals surface area (Å²) < 4.78 is 13.9. The summed E-state index contributed by atoms with van der Waals surface area (Å²) in [5, 5.41) is 0.556. The van der Waals surface area contributed by atoms with Crippen molar-refractivity contribution in [2.75, 3.05) is 38.1 Å². The molecule has 0 N–H and O–H groups in total. The van der Waals surface area contributed by atoms with Gasteiger partial charge in [-0.3, -0.25) is 19.3 Å². The van der Waals surface area contributed by atoms with Crippen LogP contribution in [0.3, 0.4) is 0 Å². The number of hydrogen-bond acceptors (Lipinski definition) is 5. The van der Waals surface area contributed by atoms with E-state index in [1.807, 2.05) is 6.07 Å². The second-order valence-electron chi connectivity index (χ2n) is 7.91. The first kappa shape index (κ1) is 21.2. The third-order valence-electron chi connectivity index (χ3n) is 6.04. The predicted molar refractivity (Wildman–Crippen MR) is 113 cm³/mol. The number of rotatable bonds is 4. The first-order valence-electron chi connectivity index (χ1n) is 10.0. The topological polar surface area (TPSA) is 73.8 Å². The molecular formula is C22H22ClFN4O3. The fourth-order valence-corrected chi connectivity index (χ4v) is 4.36. The van der Waals surface area contributed by atoms with Gasteiger partial charge in [0.25, 0.3) is 0 Å². The fraction of sp³-hybridized carbons (Fsp3) is 0.364. The standard InChI is InChI=1S/C22H22ClFN4O3/c1-26-19(29)12-22(21(26)31,15-3-2-4-17(24)11-15)13-20(30)28-9-7-27(8-10-28)18-6-5-16(23)14-25-18/h2-6,11,14H,7-10,12-13H2,1H3. The Morgan fingerprint density at radius 3 is 2.48 bits per heavy atom. The molecule has 4 rings (SSSR count). The molecule has 2 aliphatic heterocycles. The lowest BCUT2D eigenvalue weighted by molar-refractivity contribution is -0.141. The van der Waals surface area contributed by atoms with E-state index in [0.29, 0.717) is 36.8 Å². The number of benzene rings is 1. The van der Waals surface area contributed by atoms with Crippen LogP contribution in [0, 0.1) is 5.82 Å². The van der Waals surface area contributed by atoms with Crippen LogP contribution in [0.25, 0.3) is 0 Å². The Hall–Kier alpha value is -3.00. The number of amides is 3. The lowest BCUT2D eigenvalue weighted by Gasteiger charge is -2.37. The first-order chi connectivity index (χ1) is 14.8. The third-order valence-corrected chi connectivity index (χ3v) is 6.26. The lowest BCUT2D eigenvalue weighted by Crippen LogP contribution is -2.51. The van der Waals surface area contributed by atoms with E-state index < -0.39 is 17.1 Å². The molecule has 162 valence electrons. The largest absolute Gasteiger partial charge is 0.353 e. The van der Waals surface area contributed by atoms with Gasteiger partial charge in [0.1, 0.15) is 11.6 Å². The normalized spacial score (nSPS) is 21.7. The van der Waals surface area contributed by atoms with E-state index in [-0.39, 0.29) is 24.7 Å². The molecule has 2 fully saturated rings. The highest BCUT2D eigenvalue weighted by Gasteiger charge is 2.53. The van der Waals surface area contributed by atoms with Crippen molar-refractivity contribution >= 4 is 35.1 Å². The molecule has 1 unspecified atom stereocenters. The Bertz CT molecular complexity index is 1020. The molecule has 2 aliphatic rings. The molecule has 2 aromatic rings. The predicted octanol–water partition coefficient (Wildman–Crippen LogP) is 2.24. The van der Waals surface area contributed by atoms with Crippen molar-refractivity contribution < 1.29 is 18.8 Å². The number of carbonyl (C=O) groups excluding carboxylic acids is 3. The van der Waals surface area contributed by atoms with Gasteiger partial charge >= 0.3 is 0 Å². The van der Waals surface area contributed by atoms with Gasteiger partial charge in [0.2, 0.25) is 17.7 Å². The van der Waals surface area contributed by atoms with Crippen LogP contribution in [0.15, 0.2) is 42.6 Å². The van der Waals surface area contributed by atoms with Crippen LogP contribution in [0.4, 0.5) is 10.2 Å². The molecule has 0 saturated carbocycles. The number of anilines is 1. The Kier molecular flexibility index (Phi) is 5.66. The number of pyridine rings is 1. The van der Waals surface area contributed by atoms with E-state index in [2.05, 4.69) is 9.88 Å². The zero-order valence-corrected chi connectivity index (χ0v) is 17.8. The summed E-state index contributed by atoms with van der Waals surface area (Å²) in [5.74, 6) is -0.806. The number of hydrogen-bond donors (Lipinski definition) is 0. The van der Waals surface area contributed by atoms with Crippen LogP contribution in [-0.2, 0) is 19.8 Å². The lowest BCUT2D eigenvalue weighted by atomic mass is 9.75. The van der Waals surface area contributed by atoms with E-state index in [1.165, 1.54) is 25.2 Å². The molecule has 0 spiro atoms. The second kappa shape index (κ2) is 8.26. The first-order valence-corrected chi connectivity index (χ1v) is 10.4. The van der Waals surface area contributed by atoms with Crippen LogP contribution in [0.2, 0.25) is 5.02 Å². The van der Waals surface area contributed by atoms with Crippen LogP contribution in [0.5, 0.6) is 0 Å². The maximum Gasteiger partial charge on any atom is 0.240 e. The minimum absolute atomic E-state index is 0.147. The van der Waals surface area contributed by atoms with Crippen LogP contribution < -0.4 is 4.90 Å². The number of likely N-dealkylation sites (tertiary alicyclic amines) is 1. The molecule has 2 saturated heterocycles. The zero-order valence-electron chi connectivity index (χ0n) is 17.1. The molecule has 3 amide bonds. The SMILES string of the molecule is CN1C(=O)CC(CC(=O)N2CCN(c3ccc(Cl)cn3)CC2)(c2cccc(F)c2)C1=O. The summed E-state index contributed by atoms with van der Waals surface area (Å²) in [4.78, 5) is 47.6. The monoisotopic (exact) mass is 444 g/mol. The van der Waals surface area contributed by atoms with Crippen molar-refractivity contribution in [3.8, 4) is 0 Å².